The molecule has 1 amide bonds. The zero-order valence-electron chi connectivity index (χ0n) is 12.5. The topological polar surface area (TPSA) is 72.7 Å². The minimum absolute atomic E-state index is 0.279. The summed E-state index contributed by atoms with van der Waals surface area (Å²) in [6.07, 6.45) is 1.60. The van der Waals surface area contributed by atoms with Gasteiger partial charge in [0.1, 0.15) is 17.2 Å². The Bertz CT molecular complexity index is 810. The minimum Gasteiger partial charge on any atom is -0.493 e. The van der Waals surface area contributed by atoms with Crippen LogP contribution in [0.5, 0.6) is 11.5 Å². The second-order valence-corrected chi connectivity index (χ2v) is 5.15. The fourth-order valence-electron chi connectivity index (χ4n) is 2.20. The third-order valence-corrected chi connectivity index (χ3v) is 3.51. The van der Waals surface area contributed by atoms with Crippen molar-refractivity contribution in [3.05, 3.63) is 41.8 Å². The van der Waals surface area contributed by atoms with Crippen LogP contribution in [0.1, 0.15) is 5.76 Å². The van der Waals surface area contributed by atoms with Crippen molar-refractivity contribution in [2.24, 2.45) is 0 Å². The lowest BCUT2D eigenvalue weighted by molar-refractivity contribution is -0.115. The van der Waals surface area contributed by atoms with Gasteiger partial charge in [-0.1, -0.05) is 0 Å². The van der Waals surface area contributed by atoms with Gasteiger partial charge in [-0.15, -0.1) is 0 Å². The fourth-order valence-corrected chi connectivity index (χ4v) is 2.40. The van der Waals surface area contributed by atoms with E-state index in [2.05, 4.69) is 10.6 Å². The summed E-state index contributed by atoms with van der Waals surface area (Å²) in [7, 11) is 3.16. The van der Waals surface area contributed by atoms with Gasteiger partial charge in [-0.05, 0) is 42.5 Å². The summed E-state index contributed by atoms with van der Waals surface area (Å²) >= 11 is 4.88. The first-order valence-electron chi connectivity index (χ1n) is 6.77. The van der Waals surface area contributed by atoms with Crippen LogP contribution in [0.25, 0.3) is 17.4 Å². The van der Waals surface area contributed by atoms with Crippen molar-refractivity contribution >= 4 is 29.3 Å². The van der Waals surface area contributed by atoms with E-state index in [-0.39, 0.29) is 11.0 Å². The lowest BCUT2D eigenvalue weighted by Gasteiger charge is -2.08. The highest BCUT2D eigenvalue weighted by molar-refractivity contribution is 7.80. The van der Waals surface area contributed by atoms with Crippen LogP contribution >= 0.6 is 12.2 Å². The third kappa shape index (κ3) is 3.04. The molecule has 0 aliphatic carbocycles. The van der Waals surface area contributed by atoms with Crippen LogP contribution in [0.15, 0.2) is 40.4 Å². The van der Waals surface area contributed by atoms with Gasteiger partial charge in [0.15, 0.2) is 16.6 Å². The SMILES string of the molecule is COc1ccc(-c2ccc(C=C3NC(=S)NC3=O)o2)cc1OC. The zero-order valence-corrected chi connectivity index (χ0v) is 13.3. The van der Waals surface area contributed by atoms with E-state index in [1.165, 1.54) is 0 Å². The molecule has 6 nitrogen and oxygen atoms in total. The normalized spacial score (nSPS) is 15.5. The number of amides is 1. The van der Waals surface area contributed by atoms with E-state index >= 15 is 0 Å². The maximum Gasteiger partial charge on any atom is 0.274 e. The van der Waals surface area contributed by atoms with Gasteiger partial charge in [0.2, 0.25) is 0 Å². The highest BCUT2D eigenvalue weighted by Gasteiger charge is 2.20. The molecule has 0 radical (unpaired) electrons. The van der Waals surface area contributed by atoms with Crippen molar-refractivity contribution in [2.45, 2.75) is 0 Å². The molecule has 1 aromatic carbocycles. The van der Waals surface area contributed by atoms with Gasteiger partial charge in [-0.3, -0.25) is 10.1 Å². The summed E-state index contributed by atoms with van der Waals surface area (Å²) in [6, 6.07) is 9.09. The first-order valence-corrected chi connectivity index (χ1v) is 7.18. The first-order chi connectivity index (χ1) is 11.1. The highest BCUT2D eigenvalue weighted by Crippen LogP contribution is 2.33. The summed E-state index contributed by atoms with van der Waals surface area (Å²) in [5, 5.41) is 5.55. The third-order valence-electron chi connectivity index (χ3n) is 3.30. The molecule has 0 bridgehead atoms. The molecular formula is C16H14N2O4S. The Morgan fingerprint density at radius 3 is 2.52 bits per heavy atom. The molecule has 0 atom stereocenters. The summed E-state index contributed by atoms with van der Waals surface area (Å²) in [6.45, 7) is 0. The first kappa shape index (κ1) is 15.1. The maximum atomic E-state index is 11.6. The molecule has 7 heteroatoms. The standard InChI is InChI=1S/C16H14N2O4S/c1-20-13-5-3-9(7-14(13)21-2)12-6-4-10(22-12)8-11-15(19)18-16(23)17-11/h3-8H,1-2H3,(H2,17,18,19,23). The van der Waals surface area contributed by atoms with Crippen molar-refractivity contribution in [2.75, 3.05) is 14.2 Å². The van der Waals surface area contributed by atoms with Crippen LogP contribution in [0, 0.1) is 0 Å². The summed E-state index contributed by atoms with van der Waals surface area (Å²) in [4.78, 5) is 11.6. The molecule has 1 aliphatic rings. The van der Waals surface area contributed by atoms with E-state index in [1.54, 1.807) is 32.4 Å². The van der Waals surface area contributed by atoms with E-state index in [0.717, 1.165) is 5.56 Å². The number of rotatable bonds is 4. The van der Waals surface area contributed by atoms with Gasteiger partial charge in [0.05, 0.1) is 14.2 Å². The average Bonchev–Trinajstić information content (AvgIpc) is 3.13. The molecule has 2 N–H and O–H groups in total. The number of carbonyl (C=O) groups is 1. The number of hydrogen-bond acceptors (Lipinski definition) is 5. The second-order valence-electron chi connectivity index (χ2n) is 4.74. The van der Waals surface area contributed by atoms with Crippen molar-refractivity contribution in [3.8, 4) is 22.8 Å². The Balaban J connectivity index is 1.89. The van der Waals surface area contributed by atoms with Gasteiger partial charge >= 0.3 is 0 Å². The Labute approximate surface area is 138 Å². The number of methoxy groups -OCH3 is 2. The maximum absolute atomic E-state index is 11.6. The van der Waals surface area contributed by atoms with Gasteiger partial charge in [0.25, 0.3) is 5.91 Å². The van der Waals surface area contributed by atoms with Crippen molar-refractivity contribution < 1.29 is 18.7 Å². The Hall–Kier alpha value is -2.80. The smallest absolute Gasteiger partial charge is 0.274 e. The predicted molar refractivity (Wildman–Crippen MR) is 89.1 cm³/mol. The molecule has 1 fully saturated rings. The molecule has 1 saturated heterocycles. The van der Waals surface area contributed by atoms with E-state index < -0.39 is 0 Å². The van der Waals surface area contributed by atoms with Crippen LogP contribution < -0.4 is 20.1 Å². The molecule has 2 aromatic rings. The highest BCUT2D eigenvalue weighted by atomic mass is 32.1. The lowest BCUT2D eigenvalue weighted by atomic mass is 10.1. The quantitative estimate of drug-likeness (QED) is 0.662. The van der Waals surface area contributed by atoms with Crippen molar-refractivity contribution in [1.82, 2.24) is 10.6 Å². The zero-order chi connectivity index (χ0) is 16.4. The Morgan fingerprint density at radius 2 is 1.87 bits per heavy atom. The molecule has 0 unspecified atom stereocenters. The number of ether oxygens (including phenoxy) is 2. The molecule has 3 rings (SSSR count). The lowest BCUT2D eigenvalue weighted by Crippen LogP contribution is -2.21. The number of benzene rings is 1. The van der Waals surface area contributed by atoms with E-state index in [0.29, 0.717) is 28.7 Å². The number of hydrogen-bond donors (Lipinski definition) is 2. The summed E-state index contributed by atoms with van der Waals surface area (Å²) < 4.78 is 16.2. The van der Waals surface area contributed by atoms with Crippen molar-refractivity contribution in [3.63, 3.8) is 0 Å². The van der Waals surface area contributed by atoms with Crippen LogP contribution in [-0.4, -0.2) is 25.2 Å². The van der Waals surface area contributed by atoms with Crippen LogP contribution in [0.2, 0.25) is 0 Å². The van der Waals surface area contributed by atoms with Gasteiger partial charge < -0.3 is 19.2 Å². The molecule has 23 heavy (non-hydrogen) atoms. The second kappa shape index (κ2) is 6.13. The number of thiocarbonyl (C=S) groups is 1. The molecule has 1 aromatic heterocycles. The Kier molecular flexibility index (Phi) is 4.03. The van der Waals surface area contributed by atoms with Crippen LogP contribution in [0.4, 0.5) is 0 Å². The minimum atomic E-state index is -0.279. The van der Waals surface area contributed by atoms with Gasteiger partial charge in [0, 0.05) is 11.6 Å². The van der Waals surface area contributed by atoms with E-state index in [4.69, 9.17) is 26.1 Å². The number of carbonyl (C=O) groups excluding carboxylic acids is 1. The molecule has 118 valence electrons. The summed E-state index contributed by atoms with van der Waals surface area (Å²) in [5.41, 5.74) is 1.19. The van der Waals surface area contributed by atoms with Gasteiger partial charge in [-0.25, -0.2) is 0 Å². The Morgan fingerprint density at radius 1 is 1.09 bits per heavy atom. The molecule has 1 aliphatic heterocycles. The molecule has 2 heterocycles. The monoisotopic (exact) mass is 330 g/mol. The fraction of sp³-hybridized carbons (Fsp3) is 0.125. The largest absolute Gasteiger partial charge is 0.493 e. The van der Waals surface area contributed by atoms with Crippen LogP contribution in [0.3, 0.4) is 0 Å². The number of nitrogens with one attached hydrogen (secondary N) is 2. The predicted octanol–water partition coefficient (Wildman–Crippen LogP) is 2.31. The molecular weight excluding hydrogens is 316 g/mol. The van der Waals surface area contributed by atoms with E-state index in [9.17, 15) is 4.79 Å². The summed E-state index contributed by atoms with van der Waals surface area (Å²) in [5.74, 6) is 2.17. The van der Waals surface area contributed by atoms with Crippen LogP contribution in [-0.2, 0) is 4.79 Å². The number of furan rings is 1. The van der Waals surface area contributed by atoms with Gasteiger partial charge in [-0.2, -0.15) is 0 Å². The molecule has 0 spiro atoms. The molecule has 0 saturated carbocycles. The van der Waals surface area contributed by atoms with Crippen molar-refractivity contribution in [1.29, 1.82) is 0 Å². The van der Waals surface area contributed by atoms with E-state index in [1.807, 2.05) is 18.2 Å². The average molecular weight is 330 g/mol.